The van der Waals surface area contributed by atoms with Crippen LogP contribution in [0.15, 0.2) is 47.4 Å². The smallest absolute Gasteiger partial charge is 0.243 e. The fraction of sp³-hybridized carbons (Fsp3) is 0.409. The fourth-order valence-electron chi connectivity index (χ4n) is 3.54. The summed E-state index contributed by atoms with van der Waals surface area (Å²) in [5.74, 6) is -0.0436. The number of amides is 1. The minimum absolute atomic E-state index is 0.0436. The van der Waals surface area contributed by atoms with E-state index >= 15 is 0 Å². The Labute approximate surface area is 183 Å². The van der Waals surface area contributed by atoms with E-state index in [1.807, 2.05) is 38.1 Å². The van der Waals surface area contributed by atoms with Crippen LogP contribution >= 0.6 is 0 Å². The lowest BCUT2D eigenvalue weighted by Gasteiger charge is -2.18. The zero-order valence-electron chi connectivity index (χ0n) is 18.2. The van der Waals surface area contributed by atoms with Crippen molar-refractivity contribution in [2.24, 2.45) is 0 Å². The molecule has 1 N–H and O–H groups in total. The number of para-hydroxylation sites is 1. The first kappa shape index (κ1) is 22.9. The van der Waals surface area contributed by atoms with E-state index < -0.39 is 10.0 Å². The van der Waals surface area contributed by atoms with E-state index in [2.05, 4.69) is 22.6 Å². The van der Waals surface area contributed by atoms with Gasteiger partial charge in [-0.2, -0.15) is 4.31 Å². The number of hydrogen-bond donors (Lipinski definition) is 1. The van der Waals surface area contributed by atoms with Gasteiger partial charge in [0.25, 0.3) is 0 Å². The Hall–Kier alpha value is -2.78. The largest absolute Gasteiger partial charge is 0.326 e. The maximum atomic E-state index is 12.7. The molecule has 0 unspecified atom stereocenters. The van der Waals surface area contributed by atoms with E-state index in [-0.39, 0.29) is 10.8 Å². The SMILES string of the molecule is CCc1ccccc1NC(=O)CCCn1nnc2cc(S(=O)(=O)N(CC)CC)ccc21. The second-order valence-electron chi connectivity index (χ2n) is 7.21. The first-order valence-corrected chi connectivity index (χ1v) is 12.1. The average Bonchev–Trinajstić information content (AvgIpc) is 3.17. The van der Waals surface area contributed by atoms with E-state index in [1.165, 1.54) is 4.31 Å². The number of sulfonamides is 1. The highest BCUT2D eigenvalue weighted by atomic mass is 32.2. The molecule has 1 amide bonds. The highest BCUT2D eigenvalue weighted by molar-refractivity contribution is 7.89. The molecule has 0 aliphatic heterocycles. The maximum absolute atomic E-state index is 12.7. The van der Waals surface area contributed by atoms with Crippen LogP contribution in [0.4, 0.5) is 5.69 Å². The van der Waals surface area contributed by atoms with Gasteiger partial charge in [-0.1, -0.05) is 44.2 Å². The number of rotatable bonds is 10. The van der Waals surface area contributed by atoms with Gasteiger partial charge in [-0.05, 0) is 42.7 Å². The molecule has 0 saturated heterocycles. The molecule has 8 nitrogen and oxygen atoms in total. The Bertz CT molecular complexity index is 1150. The fourth-order valence-corrected chi connectivity index (χ4v) is 5.02. The van der Waals surface area contributed by atoms with Gasteiger partial charge in [-0.3, -0.25) is 4.79 Å². The number of carbonyl (C=O) groups is 1. The highest BCUT2D eigenvalue weighted by Crippen LogP contribution is 2.21. The zero-order chi connectivity index (χ0) is 22.4. The van der Waals surface area contributed by atoms with Crippen molar-refractivity contribution in [3.8, 4) is 0 Å². The van der Waals surface area contributed by atoms with Crippen molar-refractivity contribution < 1.29 is 13.2 Å². The van der Waals surface area contributed by atoms with Gasteiger partial charge in [-0.15, -0.1) is 5.10 Å². The molecule has 0 aliphatic carbocycles. The Morgan fingerprint density at radius 1 is 1.10 bits per heavy atom. The molecule has 0 radical (unpaired) electrons. The van der Waals surface area contributed by atoms with Crippen molar-refractivity contribution in [3.63, 3.8) is 0 Å². The molecular weight excluding hydrogens is 414 g/mol. The highest BCUT2D eigenvalue weighted by Gasteiger charge is 2.22. The Morgan fingerprint density at radius 3 is 2.55 bits per heavy atom. The number of benzene rings is 2. The van der Waals surface area contributed by atoms with Crippen LogP contribution in [-0.4, -0.2) is 46.7 Å². The lowest BCUT2D eigenvalue weighted by atomic mass is 10.1. The molecule has 3 rings (SSSR count). The molecule has 31 heavy (non-hydrogen) atoms. The first-order chi connectivity index (χ1) is 14.9. The summed E-state index contributed by atoms with van der Waals surface area (Å²) in [4.78, 5) is 12.5. The zero-order valence-corrected chi connectivity index (χ0v) is 19.0. The van der Waals surface area contributed by atoms with Crippen molar-refractivity contribution in [1.29, 1.82) is 0 Å². The predicted molar refractivity (Wildman–Crippen MR) is 121 cm³/mol. The second kappa shape index (κ2) is 10.0. The van der Waals surface area contributed by atoms with E-state index in [4.69, 9.17) is 0 Å². The number of nitrogens with one attached hydrogen (secondary N) is 1. The molecule has 0 saturated carbocycles. The molecule has 166 valence electrons. The van der Waals surface area contributed by atoms with Gasteiger partial charge in [0.1, 0.15) is 5.52 Å². The predicted octanol–water partition coefficient (Wildman–Crippen LogP) is 3.44. The minimum Gasteiger partial charge on any atom is -0.326 e. The summed E-state index contributed by atoms with van der Waals surface area (Å²) in [5, 5.41) is 11.2. The molecule has 0 aliphatic rings. The van der Waals surface area contributed by atoms with Crippen LogP contribution in [0, 0.1) is 0 Å². The molecule has 0 bridgehead atoms. The number of fused-ring (bicyclic) bond motifs is 1. The summed E-state index contributed by atoms with van der Waals surface area (Å²) in [6.45, 7) is 7.02. The van der Waals surface area contributed by atoms with Gasteiger partial charge in [0, 0.05) is 31.7 Å². The Morgan fingerprint density at radius 2 is 1.84 bits per heavy atom. The third-order valence-electron chi connectivity index (χ3n) is 5.27. The van der Waals surface area contributed by atoms with E-state index in [1.54, 1.807) is 22.9 Å². The summed E-state index contributed by atoms with van der Waals surface area (Å²) in [6.07, 6.45) is 1.80. The molecule has 3 aromatic rings. The Balaban J connectivity index is 1.64. The molecule has 9 heteroatoms. The van der Waals surface area contributed by atoms with Crippen LogP contribution in [0.1, 0.15) is 39.2 Å². The molecule has 1 heterocycles. The third-order valence-corrected chi connectivity index (χ3v) is 7.32. The van der Waals surface area contributed by atoms with Crippen LogP contribution < -0.4 is 5.32 Å². The maximum Gasteiger partial charge on any atom is 0.243 e. The number of nitrogens with zero attached hydrogens (tertiary/aromatic N) is 4. The summed E-state index contributed by atoms with van der Waals surface area (Å²) >= 11 is 0. The molecule has 0 atom stereocenters. The van der Waals surface area contributed by atoms with E-state index in [0.29, 0.717) is 38.0 Å². The Kier molecular flexibility index (Phi) is 7.40. The molecule has 1 aromatic heterocycles. The molecule has 0 fully saturated rings. The van der Waals surface area contributed by atoms with Gasteiger partial charge in [0.2, 0.25) is 15.9 Å². The summed E-state index contributed by atoms with van der Waals surface area (Å²) in [5.41, 5.74) is 3.22. The van der Waals surface area contributed by atoms with Crippen molar-refractivity contribution >= 4 is 32.7 Å². The van der Waals surface area contributed by atoms with Gasteiger partial charge >= 0.3 is 0 Å². The average molecular weight is 444 g/mol. The normalized spacial score (nSPS) is 11.9. The van der Waals surface area contributed by atoms with Crippen molar-refractivity contribution in [2.75, 3.05) is 18.4 Å². The molecule has 2 aromatic carbocycles. The monoisotopic (exact) mass is 443 g/mol. The van der Waals surface area contributed by atoms with E-state index in [0.717, 1.165) is 23.2 Å². The van der Waals surface area contributed by atoms with Crippen molar-refractivity contribution in [1.82, 2.24) is 19.3 Å². The van der Waals surface area contributed by atoms with Gasteiger partial charge < -0.3 is 5.32 Å². The van der Waals surface area contributed by atoms with Crippen LogP contribution in [-0.2, 0) is 27.8 Å². The summed E-state index contributed by atoms with van der Waals surface area (Å²) < 4.78 is 28.5. The van der Waals surface area contributed by atoms with Crippen LogP contribution in [0.3, 0.4) is 0 Å². The van der Waals surface area contributed by atoms with Crippen molar-refractivity contribution in [2.45, 2.75) is 51.5 Å². The molecular formula is C22H29N5O3S. The van der Waals surface area contributed by atoms with Crippen LogP contribution in [0.5, 0.6) is 0 Å². The van der Waals surface area contributed by atoms with Crippen molar-refractivity contribution in [3.05, 3.63) is 48.0 Å². The quantitative estimate of drug-likeness (QED) is 0.518. The number of carbonyl (C=O) groups excluding carboxylic acids is 1. The topological polar surface area (TPSA) is 97.2 Å². The van der Waals surface area contributed by atoms with Gasteiger partial charge in [0.05, 0.1) is 10.4 Å². The van der Waals surface area contributed by atoms with Gasteiger partial charge in [-0.25, -0.2) is 13.1 Å². The van der Waals surface area contributed by atoms with Crippen LogP contribution in [0.25, 0.3) is 11.0 Å². The van der Waals surface area contributed by atoms with Gasteiger partial charge in [0.15, 0.2) is 0 Å². The first-order valence-electron chi connectivity index (χ1n) is 10.6. The van der Waals surface area contributed by atoms with Crippen LogP contribution in [0.2, 0.25) is 0 Å². The molecule has 0 spiro atoms. The number of aryl methyl sites for hydroxylation is 2. The summed E-state index contributed by atoms with van der Waals surface area (Å²) in [6, 6.07) is 12.7. The number of hydrogen-bond acceptors (Lipinski definition) is 5. The lowest BCUT2D eigenvalue weighted by Crippen LogP contribution is -2.30. The minimum atomic E-state index is -3.54. The second-order valence-corrected chi connectivity index (χ2v) is 9.15. The third kappa shape index (κ3) is 5.11. The number of aromatic nitrogens is 3. The standard InChI is InChI=1S/C22H29N5O3S/c1-4-17-10-7-8-11-19(17)23-22(28)12-9-15-27-21-14-13-18(16-20(21)24-25-27)31(29,30)26(5-2)6-3/h7-8,10-11,13-14,16H,4-6,9,12,15H2,1-3H3,(H,23,28). The van der Waals surface area contributed by atoms with E-state index in [9.17, 15) is 13.2 Å². The lowest BCUT2D eigenvalue weighted by molar-refractivity contribution is -0.116. The summed E-state index contributed by atoms with van der Waals surface area (Å²) in [7, 11) is -3.54. The number of anilines is 1.